The zero-order chi connectivity index (χ0) is 11.8. The number of likely N-dealkylation sites (tertiary alicyclic amines) is 1. The molecule has 0 spiro atoms. The minimum atomic E-state index is -0.203. The van der Waals surface area contributed by atoms with Gasteiger partial charge in [-0.1, -0.05) is 13.8 Å². The Morgan fingerprint density at radius 2 is 2.12 bits per heavy atom. The molecule has 1 unspecified atom stereocenters. The lowest BCUT2D eigenvalue weighted by Crippen LogP contribution is -2.72. The number of hydrogen-bond acceptors (Lipinski definition) is 3. The van der Waals surface area contributed by atoms with Gasteiger partial charge in [-0.2, -0.15) is 0 Å². The van der Waals surface area contributed by atoms with Crippen molar-refractivity contribution in [3.63, 3.8) is 0 Å². The van der Waals surface area contributed by atoms with E-state index in [4.69, 9.17) is 10.5 Å². The highest BCUT2D eigenvalue weighted by molar-refractivity contribution is 5.82. The quantitative estimate of drug-likeness (QED) is 0.756. The predicted molar refractivity (Wildman–Crippen MR) is 61.9 cm³/mol. The van der Waals surface area contributed by atoms with Crippen LogP contribution in [-0.2, 0) is 9.53 Å². The molecule has 0 radical (unpaired) electrons. The summed E-state index contributed by atoms with van der Waals surface area (Å²) in [5, 5.41) is 0. The van der Waals surface area contributed by atoms with Crippen LogP contribution in [0.5, 0.6) is 0 Å². The fourth-order valence-electron chi connectivity index (χ4n) is 2.32. The number of hydrogen-bond donors (Lipinski definition) is 1. The number of nitrogens with two attached hydrogens (primary N) is 1. The van der Waals surface area contributed by atoms with Gasteiger partial charge >= 0.3 is 0 Å². The summed E-state index contributed by atoms with van der Waals surface area (Å²) in [4.78, 5) is 13.9. The number of carbonyl (C=O) groups is 1. The van der Waals surface area contributed by atoms with Gasteiger partial charge in [0.2, 0.25) is 0 Å². The molecular formula is C12H22N2O2. The zero-order valence-corrected chi connectivity index (χ0v) is 10.2. The van der Waals surface area contributed by atoms with E-state index in [9.17, 15) is 4.79 Å². The molecule has 2 N–H and O–H groups in total. The predicted octanol–water partition coefficient (Wildman–Crippen LogP) is 0.751. The van der Waals surface area contributed by atoms with Gasteiger partial charge in [0.05, 0.1) is 5.54 Å². The zero-order valence-electron chi connectivity index (χ0n) is 10.2. The lowest BCUT2D eigenvalue weighted by Gasteiger charge is -2.51. The second-order valence-electron chi connectivity index (χ2n) is 5.44. The molecule has 2 heterocycles. The average Bonchev–Trinajstić information content (AvgIpc) is 2.25. The van der Waals surface area contributed by atoms with Crippen molar-refractivity contribution in [1.29, 1.82) is 0 Å². The van der Waals surface area contributed by atoms with Gasteiger partial charge in [-0.05, 0) is 25.2 Å². The highest BCUT2D eigenvalue weighted by Crippen LogP contribution is 2.28. The molecular weight excluding hydrogens is 204 g/mol. The van der Waals surface area contributed by atoms with Crippen LogP contribution < -0.4 is 5.73 Å². The minimum Gasteiger partial charge on any atom is -0.368 e. The van der Waals surface area contributed by atoms with Gasteiger partial charge in [-0.3, -0.25) is 4.79 Å². The Balaban J connectivity index is 1.84. The summed E-state index contributed by atoms with van der Waals surface area (Å²) < 4.78 is 5.49. The third-order valence-electron chi connectivity index (χ3n) is 3.89. The molecule has 0 aromatic rings. The van der Waals surface area contributed by atoms with Crippen LogP contribution in [0.15, 0.2) is 0 Å². The lowest BCUT2D eigenvalue weighted by molar-refractivity contribution is -0.155. The standard InChI is InChI=1S/C12H22N2O2/c1-9(2)12(13)7-14(8-12)11(15)10-5-3-4-6-16-10/h9-10H,3-8,13H2,1-2H3. The lowest BCUT2D eigenvalue weighted by atomic mass is 9.80. The molecule has 16 heavy (non-hydrogen) atoms. The van der Waals surface area contributed by atoms with Crippen LogP contribution in [0.2, 0.25) is 0 Å². The van der Waals surface area contributed by atoms with E-state index in [0.717, 1.165) is 25.9 Å². The molecule has 2 fully saturated rings. The Kier molecular flexibility index (Phi) is 3.22. The van der Waals surface area contributed by atoms with E-state index >= 15 is 0 Å². The molecule has 0 saturated carbocycles. The fraction of sp³-hybridized carbons (Fsp3) is 0.917. The van der Waals surface area contributed by atoms with E-state index in [1.165, 1.54) is 0 Å². The van der Waals surface area contributed by atoms with E-state index < -0.39 is 0 Å². The fourth-order valence-corrected chi connectivity index (χ4v) is 2.32. The van der Waals surface area contributed by atoms with E-state index in [2.05, 4.69) is 13.8 Å². The van der Waals surface area contributed by atoms with E-state index in [0.29, 0.717) is 19.0 Å². The average molecular weight is 226 g/mol. The number of nitrogens with zero attached hydrogens (tertiary/aromatic N) is 1. The first kappa shape index (κ1) is 11.9. The summed E-state index contributed by atoms with van der Waals surface area (Å²) in [6.45, 7) is 6.31. The Morgan fingerprint density at radius 1 is 1.44 bits per heavy atom. The maximum Gasteiger partial charge on any atom is 0.251 e. The van der Waals surface area contributed by atoms with Crippen molar-refractivity contribution in [2.45, 2.75) is 44.8 Å². The Bertz CT molecular complexity index is 266. The van der Waals surface area contributed by atoms with Crippen molar-refractivity contribution in [2.75, 3.05) is 19.7 Å². The SMILES string of the molecule is CC(C)C1(N)CN(C(=O)C2CCCCO2)C1. The molecule has 92 valence electrons. The van der Waals surface area contributed by atoms with Crippen LogP contribution in [0.4, 0.5) is 0 Å². The van der Waals surface area contributed by atoms with Crippen LogP contribution in [0.1, 0.15) is 33.1 Å². The normalized spacial score (nSPS) is 29.0. The van der Waals surface area contributed by atoms with E-state index in [-0.39, 0.29) is 17.6 Å². The highest BCUT2D eigenvalue weighted by atomic mass is 16.5. The smallest absolute Gasteiger partial charge is 0.251 e. The van der Waals surface area contributed by atoms with Crippen molar-refractivity contribution in [3.8, 4) is 0 Å². The van der Waals surface area contributed by atoms with E-state index in [1.54, 1.807) is 0 Å². The minimum absolute atomic E-state index is 0.140. The Morgan fingerprint density at radius 3 is 2.62 bits per heavy atom. The molecule has 4 nitrogen and oxygen atoms in total. The Hall–Kier alpha value is -0.610. The van der Waals surface area contributed by atoms with Crippen LogP contribution in [0, 0.1) is 5.92 Å². The third-order valence-corrected chi connectivity index (χ3v) is 3.89. The molecule has 2 aliphatic heterocycles. The number of amides is 1. The van der Waals surface area contributed by atoms with Gasteiger partial charge in [0, 0.05) is 19.7 Å². The van der Waals surface area contributed by atoms with Crippen molar-refractivity contribution in [3.05, 3.63) is 0 Å². The van der Waals surface area contributed by atoms with Gasteiger partial charge in [0.1, 0.15) is 6.10 Å². The molecule has 0 aliphatic carbocycles. The molecule has 4 heteroatoms. The molecule has 2 saturated heterocycles. The molecule has 0 aromatic carbocycles. The maximum absolute atomic E-state index is 12.0. The summed E-state index contributed by atoms with van der Waals surface area (Å²) in [5.74, 6) is 0.560. The molecule has 1 atom stereocenters. The van der Waals surface area contributed by atoms with Gasteiger partial charge in [-0.15, -0.1) is 0 Å². The monoisotopic (exact) mass is 226 g/mol. The molecule has 2 aliphatic rings. The number of ether oxygens (including phenoxy) is 1. The van der Waals surface area contributed by atoms with Crippen LogP contribution in [0.3, 0.4) is 0 Å². The van der Waals surface area contributed by atoms with Gasteiger partial charge in [0.25, 0.3) is 5.91 Å². The summed E-state index contributed by atoms with van der Waals surface area (Å²) in [5.41, 5.74) is 5.99. The van der Waals surface area contributed by atoms with Crippen LogP contribution in [0.25, 0.3) is 0 Å². The van der Waals surface area contributed by atoms with Crippen molar-refractivity contribution in [1.82, 2.24) is 4.90 Å². The second-order valence-corrected chi connectivity index (χ2v) is 5.44. The van der Waals surface area contributed by atoms with Crippen molar-refractivity contribution >= 4 is 5.91 Å². The van der Waals surface area contributed by atoms with Crippen LogP contribution in [-0.4, -0.2) is 42.1 Å². The van der Waals surface area contributed by atoms with E-state index in [1.807, 2.05) is 4.90 Å². The third kappa shape index (κ3) is 2.09. The summed E-state index contributed by atoms with van der Waals surface area (Å²) in [6, 6.07) is 0. The van der Waals surface area contributed by atoms with Gasteiger partial charge in [0.15, 0.2) is 0 Å². The first-order valence-corrected chi connectivity index (χ1v) is 6.22. The first-order chi connectivity index (χ1) is 7.53. The van der Waals surface area contributed by atoms with Gasteiger partial charge < -0.3 is 15.4 Å². The number of carbonyl (C=O) groups excluding carboxylic acids is 1. The summed E-state index contributed by atoms with van der Waals surface area (Å²) in [6.07, 6.45) is 2.85. The van der Waals surface area contributed by atoms with Crippen molar-refractivity contribution < 1.29 is 9.53 Å². The molecule has 2 rings (SSSR count). The molecule has 0 bridgehead atoms. The number of rotatable bonds is 2. The maximum atomic E-state index is 12.0. The van der Waals surface area contributed by atoms with Crippen LogP contribution >= 0.6 is 0 Å². The highest BCUT2D eigenvalue weighted by Gasteiger charge is 2.45. The van der Waals surface area contributed by atoms with Gasteiger partial charge in [-0.25, -0.2) is 0 Å². The summed E-state index contributed by atoms with van der Waals surface area (Å²) in [7, 11) is 0. The summed E-state index contributed by atoms with van der Waals surface area (Å²) >= 11 is 0. The molecule has 0 aromatic heterocycles. The first-order valence-electron chi connectivity index (χ1n) is 6.22. The molecule has 1 amide bonds. The Labute approximate surface area is 97.1 Å². The largest absolute Gasteiger partial charge is 0.368 e. The topological polar surface area (TPSA) is 55.6 Å². The van der Waals surface area contributed by atoms with Crippen molar-refractivity contribution in [2.24, 2.45) is 11.7 Å². The second kappa shape index (κ2) is 4.34.